The van der Waals surface area contributed by atoms with Crippen molar-refractivity contribution in [3.05, 3.63) is 58.7 Å². The van der Waals surface area contributed by atoms with Gasteiger partial charge < -0.3 is 0 Å². The summed E-state index contributed by atoms with van der Waals surface area (Å²) in [5.74, 6) is 0. The maximum absolute atomic E-state index is 13.2. The summed E-state index contributed by atoms with van der Waals surface area (Å²) in [5.41, 5.74) is 3.14. The Morgan fingerprint density at radius 2 is 1.00 bits per heavy atom. The SMILES string of the molecule is Cc1ccc(C)c(S(=O)(=O)N2CCCN(S(=O)(=O)c3cc(C)ccc3C)CC2)c1. The molecule has 158 valence electrons. The molecule has 3 rings (SSSR count). The Kier molecular flexibility index (Phi) is 6.19. The lowest BCUT2D eigenvalue weighted by Gasteiger charge is -2.23. The van der Waals surface area contributed by atoms with Crippen LogP contribution in [-0.4, -0.2) is 51.6 Å². The average Bonchev–Trinajstić information content (AvgIpc) is 2.93. The van der Waals surface area contributed by atoms with Gasteiger partial charge in [0.05, 0.1) is 9.79 Å². The van der Waals surface area contributed by atoms with Crippen LogP contribution in [0.4, 0.5) is 0 Å². The third-order valence-corrected chi connectivity index (χ3v) is 9.42. The van der Waals surface area contributed by atoms with Gasteiger partial charge in [0.25, 0.3) is 0 Å². The zero-order valence-corrected chi connectivity index (χ0v) is 19.0. The first kappa shape index (κ1) is 22.0. The van der Waals surface area contributed by atoms with Gasteiger partial charge in [-0.1, -0.05) is 24.3 Å². The van der Waals surface area contributed by atoms with Crippen LogP contribution in [0.15, 0.2) is 46.2 Å². The minimum Gasteiger partial charge on any atom is -0.207 e. The van der Waals surface area contributed by atoms with Crippen molar-refractivity contribution in [2.24, 2.45) is 0 Å². The molecule has 2 aromatic carbocycles. The van der Waals surface area contributed by atoms with Crippen molar-refractivity contribution in [1.29, 1.82) is 0 Å². The van der Waals surface area contributed by atoms with Gasteiger partial charge in [-0.3, -0.25) is 0 Å². The molecule has 1 saturated heterocycles. The monoisotopic (exact) mass is 436 g/mol. The van der Waals surface area contributed by atoms with Crippen molar-refractivity contribution in [2.45, 2.75) is 43.9 Å². The Morgan fingerprint density at radius 1 is 0.621 bits per heavy atom. The van der Waals surface area contributed by atoms with Gasteiger partial charge in [0.1, 0.15) is 0 Å². The fourth-order valence-electron chi connectivity index (χ4n) is 3.60. The van der Waals surface area contributed by atoms with Crippen molar-refractivity contribution >= 4 is 20.0 Å². The smallest absolute Gasteiger partial charge is 0.207 e. The Labute approximate surface area is 174 Å². The number of sulfonamides is 2. The van der Waals surface area contributed by atoms with Gasteiger partial charge in [-0.05, 0) is 68.5 Å². The molecular weight excluding hydrogens is 408 g/mol. The topological polar surface area (TPSA) is 74.8 Å². The molecule has 1 heterocycles. The molecule has 29 heavy (non-hydrogen) atoms. The molecule has 0 aromatic heterocycles. The highest BCUT2D eigenvalue weighted by molar-refractivity contribution is 7.89. The van der Waals surface area contributed by atoms with Crippen LogP contribution in [0.2, 0.25) is 0 Å². The molecule has 0 unspecified atom stereocenters. The van der Waals surface area contributed by atoms with Gasteiger partial charge in [0.15, 0.2) is 0 Å². The van der Waals surface area contributed by atoms with Crippen LogP contribution in [0.25, 0.3) is 0 Å². The van der Waals surface area contributed by atoms with E-state index in [1.165, 1.54) is 8.61 Å². The number of hydrogen-bond acceptors (Lipinski definition) is 4. The van der Waals surface area contributed by atoms with Gasteiger partial charge in [-0.25, -0.2) is 16.8 Å². The molecule has 0 saturated carbocycles. The minimum absolute atomic E-state index is 0.139. The Hall–Kier alpha value is -1.74. The summed E-state index contributed by atoms with van der Waals surface area (Å²) in [6, 6.07) is 10.7. The number of nitrogens with zero attached hydrogens (tertiary/aromatic N) is 2. The van der Waals surface area contributed by atoms with Crippen LogP contribution < -0.4 is 0 Å². The molecule has 0 amide bonds. The van der Waals surface area contributed by atoms with E-state index in [2.05, 4.69) is 0 Å². The highest BCUT2D eigenvalue weighted by atomic mass is 32.2. The summed E-state index contributed by atoms with van der Waals surface area (Å²) in [4.78, 5) is 0.590. The second kappa shape index (κ2) is 8.18. The lowest BCUT2D eigenvalue weighted by Crippen LogP contribution is -2.37. The molecule has 1 fully saturated rings. The predicted octanol–water partition coefficient (Wildman–Crippen LogP) is 3.01. The first-order valence-corrected chi connectivity index (χ1v) is 12.6. The number of rotatable bonds is 4. The molecular formula is C21H28N2O4S2. The second-order valence-electron chi connectivity index (χ2n) is 7.70. The first-order valence-electron chi connectivity index (χ1n) is 9.68. The summed E-state index contributed by atoms with van der Waals surface area (Å²) in [7, 11) is -7.35. The van der Waals surface area contributed by atoms with Gasteiger partial charge in [-0.15, -0.1) is 0 Å². The van der Waals surface area contributed by atoms with Crippen molar-refractivity contribution in [3.8, 4) is 0 Å². The quantitative estimate of drug-likeness (QED) is 0.738. The summed E-state index contributed by atoms with van der Waals surface area (Å²) in [6.45, 7) is 8.16. The fraction of sp³-hybridized carbons (Fsp3) is 0.429. The largest absolute Gasteiger partial charge is 0.243 e. The van der Waals surface area contributed by atoms with Crippen LogP contribution in [0, 0.1) is 27.7 Å². The van der Waals surface area contributed by atoms with E-state index in [9.17, 15) is 16.8 Å². The van der Waals surface area contributed by atoms with E-state index in [4.69, 9.17) is 0 Å². The van der Waals surface area contributed by atoms with Crippen molar-refractivity contribution in [3.63, 3.8) is 0 Å². The van der Waals surface area contributed by atoms with Gasteiger partial charge in [0.2, 0.25) is 20.0 Å². The van der Waals surface area contributed by atoms with Crippen molar-refractivity contribution in [2.75, 3.05) is 26.2 Å². The minimum atomic E-state index is -3.68. The van der Waals surface area contributed by atoms with E-state index < -0.39 is 20.0 Å². The van der Waals surface area contributed by atoms with Crippen LogP contribution in [0.3, 0.4) is 0 Å². The Balaban J connectivity index is 1.87. The van der Waals surface area contributed by atoms with Crippen LogP contribution in [0.5, 0.6) is 0 Å². The highest BCUT2D eigenvalue weighted by Gasteiger charge is 2.33. The molecule has 0 atom stereocenters. The Morgan fingerprint density at radius 3 is 1.38 bits per heavy atom. The molecule has 0 bridgehead atoms. The zero-order chi connectivity index (χ0) is 21.4. The first-order chi connectivity index (χ1) is 13.5. The molecule has 2 aromatic rings. The molecule has 0 radical (unpaired) electrons. The molecule has 0 spiro atoms. The van der Waals surface area contributed by atoms with E-state index in [1.807, 2.05) is 26.0 Å². The maximum Gasteiger partial charge on any atom is 0.243 e. The second-order valence-corrected chi connectivity index (χ2v) is 11.5. The number of aryl methyl sites for hydroxylation is 4. The normalized spacial score (nSPS) is 17.2. The van der Waals surface area contributed by atoms with Crippen LogP contribution in [-0.2, 0) is 20.0 Å². The van der Waals surface area contributed by atoms with Crippen molar-refractivity contribution < 1.29 is 16.8 Å². The number of hydrogen-bond donors (Lipinski definition) is 0. The van der Waals surface area contributed by atoms with E-state index in [0.717, 1.165) is 11.1 Å². The van der Waals surface area contributed by atoms with Gasteiger partial charge in [-0.2, -0.15) is 8.61 Å². The third kappa shape index (κ3) is 4.40. The molecule has 0 N–H and O–H groups in total. The lowest BCUT2D eigenvalue weighted by molar-refractivity contribution is 0.404. The zero-order valence-electron chi connectivity index (χ0n) is 17.3. The lowest BCUT2D eigenvalue weighted by atomic mass is 10.2. The number of benzene rings is 2. The van der Waals surface area contributed by atoms with Gasteiger partial charge in [0, 0.05) is 26.2 Å². The van der Waals surface area contributed by atoms with E-state index in [0.29, 0.717) is 40.4 Å². The van der Waals surface area contributed by atoms with Crippen molar-refractivity contribution in [1.82, 2.24) is 8.61 Å². The van der Waals surface area contributed by atoms with Crippen LogP contribution in [0.1, 0.15) is 28.7 Å². The molecule has 0 aliphatic carbocycles. The summed E-state index contributed by atoms with van der Waals surface area (Å²) >= 11 is 0. The highest BCUT2D eigenvalue weighted by Crippen LogP contribution is 2.25. The molecule has 6 nitrogen and oxygen atoms in total. The maximum atomic E-state index is 13.2. The molecule has 1 aliphatic heterocycles. The van der Waals surface area contributed by atoms with Gasteiger partial charge >= 0.3 is 0 Å². The summed E-state index contributed by atoms with van der Waals surface area (Å²) in [5, 5.41) is 0. The predicted molar refractivity (Wildman–Crippen MR) is 114 cm³/mol. The Bertz CT molecular complexity index is 1040. The molecule has 1 aliphatic rings. The third-order valence-electron chi connectivity index (χ3n) is 5.34. The van der Waals surface area contributed by atoms with E-state index in [1.54, 1.807) is 38.1 Å². The summed E-state index contributed by atoms with van der Waals surface area (Å²) < 4.78 is 55.6. The average molecular weight is 437 g/mol. The fourth-order valence-corrected chi connectivity index (χ4v) is 7.16. The van der Waals surface area contributed by atoms with Crippen LogP contribution >= 0.6 is 0 Å². The van der Waals surface area contributed by atoms with E-state index >= 15 is 0 Å². The van der Waals surface area contributed by atoms with E-state index in [-0.39, 0.29) is 13.1 Å². The molecule has 8 heteroatoms. The summed E-state index contributed by atoms with van der Waals surface area (Å²) in [6.07, 6.45) is 0.453. The standard InChI is InChI=1S/C21H28N2O4S2/c1-16-6-8-18(3)20(14-16)28(24,25)22-10-5-11-23(13-12-22)29(26,27)21-15-17(2)7-9-19(21)4/h6-9,14-15H,5,10-13H2,1-4H3.